The van der Waals surface area contributed by atoms with Crippen molar-refractivity contribution in [3.8, 4) is 0 Å². The van der Waals surface area contributed by atoms with Gasteiger partial charge in [-0.3, -0.25) is 5.32 Å². The van der Waals surface area contributed by atoms with E-state index in [1.807, 2.05) is 39.1 Å². The van der Waals surface area contributed by atoms with Crippen LogP contribution in [0.1, 0.15) is 42.3 Å². The largest absolute Gasteiger partial charge is 0.388 e. The molecule has 3 N–H and O–H groups in total. The topological polar surface area (TPSA) is 36.1 Å². The first-order chi connectivity index (χ1) is 17.7. The van der Waals surface area contributed by atoms with Gasteiger partial charge in [0.15, 0.2) is 0 Å². The maximum absolute atomic E-state index is 4.22. The number of benzene rings is 3. The molecule has 2 unspecified atom stereocenters. The van der Waals surface area contributed by atoms with E-state index < -0.39 is 0 Å². The van der Waals surface area contributed by atoms with Gasteiger partial charge in [-0.15, -0.1) is 0 Å². The quantitative estimate of drug-likeness (QED) is 0.323. The summed E-state index contributed by atoms with van der Waals surface area (Å²) in [6.45, 7) is 8.22. The predicted molar refractivity (Wildman–Crippen MR) is 156 cm³/mol. The van der Waals surface area contributed by atoms with Gasteiger partial charge >= 0.3 is 0 Å². The zero-order valence-electron chi connectivity index (χ0n) is 21.3. The Hall–Kier alpha value is -4.08. The highest BCUT2D eigenvalue weighted by atomic mass is 15.2. The van der Waals surface area contributed by atoms with Crippen LogP contribution in [0.3, 0.4) is 0 Å². The number of hydrogen-bond donors (Lipinski definition) is 3. The first-order valence-corrected chi connectivity index (χ1v) is 12.6. The highest BCUT2D eigenvalue weighted by Gasteiger charge is 2.28. The molecule has 1 heterocycles. The molecule has 2 aliphatic rings. The molecule has 0 radical (unpaired) electrons. The van der Waals surface area contributed by atoms with Gasteiger partial charge in [0.2, 0.25) is 0 Å². The molecule has 3 heteroatoms. The van der Waals surface area contributed by atoms with Crippen LogP contribution in [0.25, 0.3) is 17.3 Å². The minimum atomic E-state index is -0.00970. The number of hydrogen-bond acceptors (Lipinski definition) is 3. The Morgan fingerprint density at radius 2 is 1.64 bits per heavy atom. The maximum Gasteiger partial charge on any atom is 0.104 e. The van der Waals surface area contributed by atoms with Gasteiger partial charge in [-0.05, 0) is 39.5 Å². The lowest BCUT2D eigenvalue weighted by Gasteiger charge is -2.36. The third kappa shape index (κ3) is 5.59. The van der Waals surface area contributed by atoms with Gasteiger partial charge in [-0.1, -0.05) is 130 Å². The second-order valence-corrected chi connectivity index (χ2v) is 8.48. The summed E-state index contributed by atoms with van der Waals surface area (Å²) < 4.78 is 0. The van der Waals surface area contributed by atoms with Crippen LogP contribution in [0.15, 0.2) is 121 Å². The molecule has 0 saturated carbocycles. The Balaban J connectivity index is 0.00000148. The second kappa shape index (κ2) is 12.1. The van der Waals surface area contributed by atoms with Gasteiger partial charge < -0.3 is 10.6 Å². The van der Waals surface area contributed by atoms with Gasteiger partial charge in [0, 0.05) is 18.4 Å². The standard InChI is InChI=1S/C31H29N3.C2H6/c1-22(23-11-5-3-6-12-23)17-18-24-19-20-26(21-29(24)32-2)31-33-28-16-10-9-15-27(28)30(34-31)25-13-7-4-8-14-25;1-2/h3-21,28,31-34H,1H2,2H3;1-2H3/b18-17-;. The first kappa shape index (κ1) is 25.0. The fourth-order valence-electron chi connectivity index (χ4n) is 4.46. The predicted octanol–water partition coefficient (Wildman–Crippen LogP) is 7.58. The lowest BCUT2D eigenvalue weighted by Crippen LogP contribution is -2.45. The van der Waals surface area contributed by atoms with Crippen molar-refractivity contribution in [1.82, 2.24) is 10.6 Å². The number of nitrogens with one attached hydrogen (secondary N) is 3. The molecule has 3 aromatic carbocycles. The van der Waals surface area contributed by atoms with E-state index in [0.29, 0.717) is 0 Å². The van der Waals surface area contributed by atoms with Crippen molar-refractivity contribution >= 4 is 23.0 Å². The molecule has 2 atom stereocenters. The van der Waals surface area contributed by atoms with E-state index in [2.05, 4.69) is 120 Å². The molecule has 5 rings (SSSR count). The number of rotatable bonds is 6. The molecule has 3 aromatic rings. The fourth-order valence-corrected chi connectivity index (χ4v) is 4.46. The summed E-state index contributed by atoms with van der Waals surface area (Å²) in [5, 5.41) is 10.9. The van der Waals surface area contributed by atoms with Crippen LogP contribution >= 0.6 is 0 Å². The van der Waals surface area contributed by atoms with Crippen LogP contribution in [0.5, 0.6) is 0 Å². The van der Waals surface area contributed by atoms with Crippen LogP contribution in [0, 0.1) is 0 Å². The third-order valence-electron chi connectivity index (χ3n) is 6.30. The van der Waals surface area contributed by atoms with E-state index in [-0.39, 0.29) is 12.2 Å². The van der Waals surface area contributed by atoms with Crippen molar-refractivity contribution in [2.45, 2.75) is 26.1 Å². The highest BCUT2D eigenvalue weighted by molar-refractivity contribution is 5.80. The Labute approximate surface area is 215 Å². The molecule has 0 saturated heterocycles. The smallest absolute Gasteiger partial charge is 0.104 e. The van der Waals surface area contributed by atoms with E-state index >= 15 is 0 Å². The lowest BCUT2D eigenvalue weighted by molar-refractivity contribution is 0.460. The molecular weight excluding hydrogens is 438 g/mol. The normalized spacial score (nSPS) is 18.2. The zero-order valence-corrected chi connectivity index (χ0v) is 21.3. The molecule has 0 fully saturated rings. The number of fused-ring (bicyclic) bond motifs is 1. The van der Waals surface area contributed by atoms with Crippen LogP contribution < -0.4 is 16.0 Å². The monoisotopic (exact) mass is 473 g/mol. The van der Waals surface area contributed by atoms with Gasteiger partial charge in [0.1, 0.15) is 6.17 Å². The summed E-state index contributed by atoms with van der Waals surface area (Å²) in [6, 6.07) is 27.5. The summed E-state index contributed by atoms with van der Waals surface area (Å²) >= 11 is 0. The van der Waals surface area contributed by atoms with Crippen molar-refractivity contribution in [2.75, 3.05) is 12.4 Å². The molecule has 0 bridgehead atoms. The van der Waals surface area contributed by atoms with Gasteiger partial charge in [-0.2, -0.15) is 0 Å². The summed E-state index contributed by atoms with van der Waals surface area (Å²) in [7, 11) is 1.96. The van der Waals surface area contributed by atoms with Gasteiger partial charge in [0.05, 0.1) is 6.04 Å². The molecule has 36 heavy (non-hydrogen) atoms. The van der Waals surface area contributed by atoms with Crippen molar-refractivity contribution in [3.63, 3.8) is 0 Å². The number of allylic oxidation sites excluding steroid dienone is 4. The summed E-state index contributed by atoms with van der Waals surface area (Å²) in [4.78, 5) is 0. The Morgan fingerprint density at radius 1 is 0.917 bits per heavy atom. The molecule has 1 aliphatic carbocycles. The average Bonchev–Trinajstić information content (AvgIpc) is 2.97. The van der Waals surface area contributed by atoms with Crippen LogP contribution in [0.2, 0.25) is 0 Å². The van der Waals surface area contributed by atoms with Gasteiger partial charge in [0.25, 0.3) is 0 Å². The maximum atomic E-state index is 4.22. The molecule has 182 valence electrons. The van der Waals surface area contributed by atoms with E-state index in [4.69, 9.17) is 0 Å². The third-order valence-corrected chi connectivity index (χ3v) is 6.30. The molecule has 3 nitrogen and oxygen atoms in total. The fraction of sp³-hybridized carbons (Fsp3) is 0.152. The van der Waals surface area contributed by atoms with E-state index in [1.165, 1.54) is 22.4 Å². The summed E-state index contributed by atoms with van der Waals surface area (Å²) in [6.07, 6.45) is 12.8. The van der Waals surface area contributed by atoms with E-state index in [9.17, 15) is 0 Å². The van der Waals surface area contributed by atoms with Crippen molar-refractivity contribution in [1.29, 1.82) is 0 Å². The summed E-state index contributed by atoms with van der Waals surface area (Å²) in [5.41, 5.74) is 9.13. The SMILES string of the molecule is C=C(/C=C\c1ccc(C2NC(c3ccccc3)=C3C=CC=CC3N2)cc1NC)c1ccccc1.CC. The highest BCUT2D eigenvalue weighted by Crippen LogP contribution is 2.32. The average molecular weight is 474 g/mol. The minimum Gasteiger partial charge on any atom is -0.388 e. The molecule has 1 aliphatic heterocycles. The Bertz CT molecular complexity index is 1300. The Kier molecular flexibility index (Phi) is 8.38. The van der Waals surface area contributed by atoms with E-state index in [0.717, 1.165) is 22.4 Å². The molecule has 0 amide bonds. The van der Waals surface area contributed by atoms with Crippen LogP contribution in [-0.2, 0) is 0 Å². The van der Waals surface area contributed by atoms with Crippen LogP contribution in [0.4, 0.5) is 5.69 Å². The van der Waals surface area contributed by atoms with Gasteiger partial charge in [-0.25, -0.2) is 0 Å². The molecule has 0 aromatic heterocycles. The van der Waals surface area contributed by atoms with Crippen molar-refractivity contribution in [3.05, 3.63) is 144 Å². The van der Waals surface area contributed by atoms with Crippen molar-refractivity contribution < 1.29 is 0 Å². The molecule has 0 spiro atoms. The van der Waals surface area contributed by atoms with E-state index in [1.54, 1.807) is 0 Å². The zero-order chi connectivity index (χ0) is 25.3. The Morgan fingerprint density at radius 3 is 2.36 bits per heavy atom. The molecular formula is C33H35N3. The minimum absolute atomic E-state index is 0.00970. The first-order valence-electron chi connectivity index (χ1n) is 12.6. The second-order valence-electron chi connectivity index (χ2n) is 8.48. The van der Waals surface area contributed by atoms with Crippen molar-refractivity contribution in [2.24, 2.45) is 0 Å². The number of anilines is 1. The summed E-state index contributed by atoms with van der Waals surface area (Å²) in [5.74, 6) is 0. The lowest BCUT2D eigenvalue weighted by atomic mass is 9.92. The van der Waals surface area contributed by atoms with Crippen LogP contribution in [-0.4, -0.2) is 13.1 Å².